The van der Waals surface area contributed by atoms with Gasteiger partial charge in [-0.2, -0.15) is 4.21 Å². The highest BCUT2D eigenvalue weighted by Gasteiger charge is 2.45. The van der Waals surface area contributed by atoms with Gasteiger partial charge < -0.3 is 0 Å². The lowest BCUT2D eigenvalue weighted by Gasteiger charge is -2.29. The molecule has 0 radical (unpaired) electrons. The first kappa shape index (κ1) is 10.8. The third-order valence-electron chi connectivity index (χ3n) is 2.78. The molecule has 1 heterocycles. The van der Waals surface area contributed by atoms with E-state index >= 15 is 0 Å². The SMILES string of the molecule is CC(C)[C@]1(c2ccccc2)COS(=O)O1. The lowest BCUT2D eigenvalue weighted by atomic mass is 9.84. The Balaban J connectivity index is 2.40. The van der Waals surface area contributed by atoms with E-state index in [4.69, 9.17) is 8.37 Å². The van der Waals surface area contributed by atoms with Crippen molar-refractivity contribution in [2.24, 2.45) is 5.92 Å². The van der Waals surface area contributed by atoms with Crippen molar-refractivity contribution in [3.8, 4) is 0 Å². The molecular formula is C11H14O3S. The maximum absolute atomic E-state index is 11.2. The zero-order valence-corrected chi connectivity index (χ0v) is 9.62. The summed E-state index contributed by atoms with van der Waals surface area (Å²) in [6, 6.07) is 9.80. The van der Waals surface area contributed by atoms with Crippen LogP contribution in [0.2, 0.25) is 0 Å². The molecule has 1 fully saturated rings. The number of hydrogen-bond donors (Lipinski definition) is 0. The summed E-state index contributed by atoms with van der Waals surface area (Å²) in [6.45, 7) is 4.43. The van der Waals surface area contributed by atoms with Crippen LogP contribution in [-0.4, -0.2) is 10.8 Å². The van der Waals surface area contributed by atoms with Crippen molar-refractivity contribution in [1.29, 1.82) is 0 Å². The summed E-state index contributed by atoms with van der Waals surface area (Å²) in [4.78, 5) is 0. The van der Waals surface area contributed by atoms with Gasteiger partial charge >= 0.3 is 11.4 Å². The van der Waals surface area contributed by atoms with E-state index < -0.39 is 17.0 Å². The zero-order chi connectivity index (χ0) is 10.9. The first-order valence-electron chi connectivity index (χ1n) is 4.95. The topological polar surface area (TPSA) is 35.5 Å². The quantitative estimate of drug-likeness (QED) is 0.775. The highest BCUT2D eigenvalue weighted by Crippen LogP contribution is 2.39. The predicted octanol–water partition coefficient (Wildman–Crippen LogP) is 2.16. The molecule has 0 bridgehead atoms. The molecule has 2 rings (SSSR count). The van der Waals surface area contributed by atoms with Gasteiger partial charge in [-0.3, -0.25) is 8.37 Å². The molecule has 0 amide bonds. The van der Waals surface area contributed by atoms with Gasteiger partial charge in [0.25, 0.3) is 0 Å². The van der Waals surface area contributed by atoms with E-state index in [9.17, 15) is 4.21 Å². The Bertz CT molecular complexity index is 363. The van der Waals surface area contributed by atoms with Gasteiger partial charge in [-0.1, -0.05) is 44.2 Å². The molecule has 1 unspecified atom stereocenters. The average molecular weight is 226 g/mol. The van der Waals surface area contributed by atoms with E-state index in [2.05, 4.69) is 0 Å². The predicted molar refractivity (Wildman–Crippen MR) is 58.1 cm³/mol. The Morgan fingerprint density at radius 3 is 2.47 bits per heavy atom. The maximum Gasteiger partial charge on any atom is 0.305 e. The van der Waals surface area contributed by atoms with Gasteiger partial charge in [0.05, 0.1) is 0 Å². The van der Waals surface area contributed by atoms with Crippen LogP contribution in [0.15, 0.2) is 30.3 Å². The maximum atomic E-state index is 11.2. The highest BCUT2D eigenvalue weighted by atomic mass is 32.2. The first-order valence-corrected chi connectivity index (χ1v) is 5.95. The van der Waals surface area contributed by atoms with Crippen LogP contribution in [0.1, 0.15) is 19.4 Å². The van der Waals surface area contributed by atoms with Crippen LogP contribution < -0.4 is 0 Å². The van der Waals surface area contributed by atoms with E-state index in [1.165, 1.54) is 0 Å². The van der Waals surface area contributed by atoms with Crippen molar-refractivity contribution < 1.29 is 12.6 Å². The van der Waals surface area contributed by atoms with Crippen LogP contribution in [0.5, 0.6) is 0 Å². The summed E-state index contributed by atoms with van der Waals surface area (Å²) in [5.74, 6) is 0.214. The fourth-order valence-corrected chi connectivity index (χ4v) is 2.65. The van der Waals surface area contributed by atoms with Crippen molar-refractivity contribution in [3.63, 3.8) is 0 Å². The van der Waals surface area contributed by atoms with Gasteiger partial charge in [-0.25, -0.2) is 0 Å². The minimum absolute atomic E-state index is 0.214. The van der Waals surface area contributed by atoms with Crippen molar-refractivity contribution in [2.75, 3.05) is 6.61 Å². The van der Waals surface area contributed by atoms with Crippen molar-refractivity contribution >= 4 is 11.4 Å². The smallest absolute Gasteiger partial charge is 0.265 e. The first-order chi connectivity index (χ1) is 7.15. The van der Waals surface area contributed by atoms with E-state index in [0.717, 1.165) is 5.56 Å². The summed E-state index contributed by atoms with van der Waals surface area (Å²) in [7, 11) is 0. The Labute approximate surface area is 92.3 Å². The molecule has 1 aromatic carbocycles. The standard InChI is InChI=1S/C11H14O3S/c1-9(2)11(8-13-15(12)14-11)10-6-4-3-5-7-10/h3-7,9H,8H2,1-2H3/t11-,15?/m0/s1. The van der Waals surface area contributed by atoms with Crippen LogP contribution in [0.4, 0.5) is 0 Å². The van der Waals surface area contributed by atoms with E-state index in [-0.39, 0.29) is 5.92 Å². The normalized spacial score (nSPS) is 31.0. The molecule has 1 aromatic rings. The van der Waals surface area contributed by atoms with Gasteiger partial charge in [-0.05, 0) is 11.5 Å². The zero-order valence-electron chi connectivity index (χ0n) is 8.80. The molecule has 0 aliphatic carbocycles. The van der Waals surface area contributed by atoms with E-state index in [0.29, 0.717) is 6.61 Å². The molecule has 0 aromatic heterocycles. The van der Waals surface area contributed by atoms with Gasteiger partial charge in [0.2, 0.25) is 0 Å². The minimum Gasteiger partial charge on any atom is -0.265 e. The molecule has 4 heteroatoms. The third kappa shape index (κ3) is 1.85. The van der Waals surface area contributed by atoms with Gasteiger partial charge in [0, 0.05) is 0 Å². The second kappa shape index (κ2) is 4.04. The number of benzene rings is 1. The van der Waals surface area contributed by atoms with Crippen LogP contribution in [0, 0.1) is 5.92 Å². The Morgan fingerprint density at radius 1 is 1.33 bits per heavy atom. The van der Waals surface area contributed by atoms with E-state index in [1.54, 1.807) is 0 Å². The van der Waals surface area contributed by atoms with Crippen molar-refractivity contribution in [3.05, 3.63) is 35.9 Å². The van der Waals surface area contributed by atoms with Crippen molar-refractivity contribution in [1.82, 2.24) is 0 Å². The van der Waals surface area contributed by atoms with Crippen LogP contribution >= 0.6 is 0 Å². The molecule has 3 nitrogen and oxygen atoms in total. The van der Waals surface area contributed by atoms with Crippen molar-refractivity contribution in [2.45, 2.75) is 19.4 Å². The van der Waals surface area contributed by atoms with Crippen LogP contribution in [0.3, 0.4) is 0 Å². The van der Waals surface area contributed by atoms with Gasteiger partial charge in [-0.15, -0.1) is 0 Å². The van der Waals surface area contributed by atoms with Gasteiger partial charge in [0.1, 0.15) is 12.2 Å². The molecule has 82 valence electrons. The fraction of sp³-hybridized carbons (Fsp3) is 0.455. The van der Waals surface area contributed by atoms with Crippen LogP contribution in [-0.2, 0) is 25.3 Å². The second-order valence-corrected chi connectivity index (χ2v) is 4.77. The van der Waals surface area contributed by atoms with E-state index in [1.807, 2.05) is 44.2 Å². The summed E-state index contributed by atoms with van der Waals surface area (Å²) in [6.07, 6.45) is 0. The summed E-state index contributed by atoms with van der Waals surface area (Å²) >= 11 is -1.61. The minimum atomic E-state index is -1.61. The number of rotatable bonds is 2. The Kier molecular flexibility index (Phi) is 2.91. The monoisotopic (exact) mass is 226 g/mol. The molecule has 0 N–H and O–H groups in total. The molecule has 0 saturated carbocycles. The summed E-state index contributed by atoms with van der Waals surface area (Å²) in [5.41, 5.74) is 0.456. The highest BCUT2D eigenvalue weighted by molar-refractivity contribution is 7.75. The van der Waals surface area contributed by atoms with Crippen LogP contribution in [0.25, 0.3) is 0 Å². The molecule has 1 saturated heterocycles. The molecule has 15 heavy (non-hydrogen) atoms. The summed E-state index contributed by atoms with van der Waals surface area (Å²) < 4.78 is 21.7. The number of hydrogen-bond acceptors (Lipinski definition) is 3. The lowest BCUT2D eigenvalue weighted by Crippen LogP contribution is -2.34. The Morgan fingerprint density at radius 2 is 2.00 bits per heavy atom. The Hall–Kier alpha value is -0.710. The summed E-state index contributed by atoms with van der Waals surface area (Å²) in [5, 5.41) is 0. The largest absolute Gasteiger partial charge is 0.305 e. The molecular weight excluding hydrogens is 212 g/mol. The molecule has 1 aliphatic heterocycles. The average Bonchev–Trinajstić information content (AvgIpc) is 2.63. The third-order valence-corrected chi connectivity index (χ3v) is 3.53. The molecule has 2 atom stereocenters. The molecule has 0 spiro atoms. The second-order valence-electron chi connectivity index (χ2n) is 3.96. The molecule has 1 aliphatic rings. The fourth-order valence-electron chi connectivity index (χ4n) is 1.75. The lowest BCUT2D eigenvalue weighted by molar-refractivity contribution is 0.0434. The van der Waals surface area contributed by atoms with Gasteiger partial charge in [0.15, 0.2) is 0 Å².